The van der Waals surface area contributed by atoms with E-state index in [1.807, 2.05) is 13.8 Å². The van der Waals surface area contributed by atoms with Gasteiger partial charge in [-0.05, 0) is 34.0 Å². The first kappa shape index (κ1) is 12.0. The third kappa shape index (κ3) is 2.27. The highest BCUT2D eigenvalue weighted by Gasteiger charge is 2.20. The van der Waals surface area contributed by atoms with E-state index in [0.717, 1.165) is 0 Å². The zero-order chi connectivity index (χ0) is 10.9. The van der Waals surface area contributed by atoms with Crippen LogP contribution in [0.15, 0.2) is 16.6 Å². The molecule has 0 amide bonds. The first-order chi connectivity index (χ1) is 6.45. The first-order valence-corrected chi connectivity index (χ1v) is 5.43. The lowest BCUT2D eigenvalue weighted by Crippen LogP contribution is -2.08. The molecule has 14 heavy (non-hydrogen) atoms. The Bertz CT molecular complexity index is 341. The molecular weight excluding hydrogens is 270 g/mol. The number of rotatable bonds is 2. The van der Waals surface area contributed by atoms with Crippen LogP contribution in [0.4, 0.5) is 4.39 Å². The SMILES string of the molecule is CC(C)C(O)c1c(F)ccc(Cl)c1Br. The topological polar surface area (TPSA) is 20.2 Å². The maximum atomic E-state index is 13.4. The molecular formula is C10H11BrClFO. The third-order valence-electron chi connectivity index (χ3n) is 2.01. The maximum Gasteiger partial charge on any atom is 0.130 e. The lowest BCUT2D eigenvalue weighted by Gasteiger charge is -2.17. The fraction of sp³-hybridized carbons (Fsp3) is 0.400. The molecule has 0 bridgehead atoms. The van der Waals surface area contributed by atoms with Crippen molar-refractivity contribution in [3.05, 3.63) is 33.0 Å². The van der Waals surface area contributed by atoms with Gasteiger partial charge in [-0.1, -0.05) is 25.4 Å². The van der Waals surface area contributed by atoms with E-state index >= 15 is 0 Å². The molecule has 0 aliphatic rings. The molecule has 0 radical (unpaired) electrons. The molecule has 0 fully saturated rings. The fourth-order valence-corrected chi connectivity index (χ4v) is 1.87. The molecule has 78 valence electrons. The third-order valence-corrected chi connectivity index (χ3v) is 3.40. The first-order valence-electron chi connectivity index (χ1n) is 4.26. The Kier molecular flexibility index (Phi) is 3.93. The van der Waals surface area contributed by atoms with Gasteiger partial charge in [0.2, 0.25) is 0 Å². The van der Waals surface area contributed by atoms with Gasteiger partial charge in [0.1, 0.15) is 5.82 Å². The molecule has 0 saturated heterocycles. The number of aliphatic hydroxyl groups excluding tert-OH is 1. The number of hydrogen-bond acceptors (Lipinski definition) is 1. The summed E-state index contributed by atoms with van der Waals surface area (Å²) in [7, 11) is 0. The van der Waals surface area contributed by atoms with Crippen molar-refractivity contribution in [2.24, 2.45) is 5.92 Å². The van der Waals surface area contributed by atoms with Gasteiger partial charge in [-0.3, -0.25) is 0 Å². The van der Waals surface area contributed by atoms with Gasteiger partial charge in [-0.15, -0.1) is 0 Å². The van der Waals surface area contributed by atoms with Crippen molar-refractivity contribution in [1.82, 2.24) is 0 Å². The highest BCUT2D eigenvalue weighted by Crippen LogP contribution is 2.35. The molecule has 0 saturated carbocycles. The summed E-state index contributed by atoms with van der Waals surface area (Å²) in [6, 6.07) is 2.71. The van der Waals surface area contributed by atoms with E-state index < -0.39 is 11.9 Å². The molecule has 1 aromatic rings. The zero-order valence-corrected chi connectivity index (χ0v) is 10.2. The van der Waals surface area contributed by atoms with Gasteiger partial charge in [0.25, 0.3) is 0 Å². The fourth-order valence-electron chi connectivity index (χ4n) is 1.15. The largest absolute Gasteiger partial charge is 0.388 e. The lowest BCUT2D eigenvalue weighted by molar-refractivity contribution is 0.122. The average Bonchev–Trinajstić information content (AvgIpc) is 2.12. The van der Waals surface area contributed by atoms with Crippen LogP contribution in [0.5, 0.6) is 0 Å². The Morgan fingerprint density at radius 1 is 1.43 bits per heavy atom. The predicted molar refractivity (Wildman–Crippen MR) is 58.9 cm³/mol. The predicted octanol–water partition coefficient (Wildman–Crippen LogP) is 3.93. The van der Waals surface area contributed by atoms with Gasteiger partial charge in [-0.25, -0.2) is 4.39 Å². The Hall–Kier alpha value is -0.120. The van der Waals surface area contributed by atoms with Crippen LogP contribution in [0.3, 0.4) is 0 Å². The Balaban J connectivity index is 3.25. The van der Waals surface area contributed by atoms with Crippen LogP contribution >= 0.6 is 27.5 Å². The monoisotopic (exact) mass is 280 g/mol. The van der Waals surface area contributed by atoms with Crippen LogP contribution < -0.4 is 0 Å². The minimum atomic E-state index is -0.844. The van der Waals surface area contributed by atoms with E-state index in [2.05, 4.69) is 15.9 Å². The van der Waals surface area contributed by atoms with Gasteiger partial charge < -0.3 is 5.11 Å². The molecule has 1 aromatic carbocycles. The van der Waals surface area contributed by atoms with Crippen molar-refractivity contribution in [3.8, 4) is 0 Å². The lowest BCUT2D eigenvalue weighted by atomic mass is 9.99. The maximum absolute atomic E-state index is 13.4. The molecule has 1 rings (SSSR count). The van der Waals surface area contributed by atoms with Crippen molar-refractivity contribution < 1.29 is 9.50 Å². The van der Waals surface area contributed by atoms with Crippen LogP contribution in [0.25, 0.3) is 0 Å². The summed E-state index contributed by atoms with van der Waals surface area (Å²) in [6.45, 7) is 3.63. The summed E-state index contributed by atoms with van der Waals surface area (Å²) in [5, 5.41) is 10.2. The number of halogens is 3. The van der Waals surface area contributed by atoms with Gasteiger partial charge in [0.05, 0.1) is 11.1 Å². The number of benzene rings is 1. The van der Waals surface area contributed by atoms with Gasteiger partial charge in [0, 0.05) is 10.0 Å². The van der Waals surface area contributed by atoms with E-state index in [0.29, 0.717) is 9.50 Å². The molecule has 1 N–H and O–H groups in total. The van der Waals surface area contributed by atoms with Crippen LogP contribution in [-0.4, -0.2) is 5.11 Å². The van der Waals surface area contributed by atoms with Crippen LogP contribution in [0, 0.1) is 11.7 Å². The van der Waals surface area contributed by atoms with Crippen molar-refractivity contribution in [2.45, 2.75) is 20.0 Å². The van der Waals surface area contributed by atoms with Crippen molar-refractivity contribution in [1.29, 1.82) is 0 Å². The average molecular weight is 282 g/mol. The molecule has 0 spiro atoms. The standard InChI is InChI=1S/C10H11BrClFO/c1-5(2)10(14)8-7(13)4-3-6(12)9(8)11/h3-5,10,14H,1-2H3. The van der Waals surface area contributed by atoms with Crippen LogP contribution in [0.2, 0.25) is 5.02 Å². The molecule has 1 nitrogen and oxygen atoms in total. The zero-order valence-electron chi connectivity index (χ0n) is 7.89. The van der Waals surface area contributed by atoms with E-state index in [-0.39, 0.29) is 11.5 Å². The Labute approximate surface area is 96.0 Å². The smallest absolute Gasteiger partial charge is 0.130 e. The minimum absolute atomic E-state index is 0.0562. The van der Waals surface area contributed by atoms with Crippen LogP contribution in [-0.2, 0) is 0 Å². The molecule has 0 aliphatic heterocycles. The summed E-state index contributed by atoms with van der Waals surface area (Å²) < 4.78 is 13.8. The van der Waals surface area contributed by atoms with Crippen molar-refractivity contribution in [3.63, 3.8) is 0 Å². The van der Waals surface area contributed by atoms with E-state index in [1.54, 1.807) is 0 Å². The van der Waals surface area contributed by atoms with Gasteiger partial charge in [0.15, 0.2) is 0 Å². The second kappa shape index (κ2) is 4.60. The summed E-state index contributed by atoms with van der Waals surface area (Å²) in [4.78, 5) is 0. The number of hydrogen-bond donors (Lipinski definition) is 1. The summed E-state index contributed by atoms with van der Waals surface area (Å²) in [5.74, 6) is -0.498. The van der Waals surface area contributed by atoms with Crippen molar-refractivity contribution >= 4 is 27.5 Å². The minimum Gasteiger partial charge on any atom is -0.388 e. The second-order valence-corrected chi connectivity index (χ2v) is 4.65. The molecule has 1 unspecified atom stereocenters. The summed E-state index contributed by atoms with van der Waals surface area (Å²) in [5.41, 5.74) is 0.229. The summed E-state index contributed by atoms with van der Waals surface area (Å²) in [6.07, 6.45) is -0.844. The van der Waals surface area contributed by atoms with E-state index in [9.17, 15) is 9.50 Å². The molecule has 0 aromatic heterocycles. The highest BCUT2D eigenvalue weighted by molar-refractivity contribution is 9.10. The Morgan fingerprint density at radius 2 is 2.00 bits per heavy atom. The van der Waals surface area contributed by atoms with E-state index in [1.165, 1.54) is 12.1 Å². The normalized spacial score (nSPS) is 13.4. The quantitative estimate of drug-likeness (QED) is 0.814. The van der Waals surface area contributed by atoms with Crippen LogP contribution in [0.1, 0.15) is 25.5 Å². The Morgan fingerprint density at radius 3 is 2.50 bits per heavy atom. The second-order valence-electron chi connectivity index (χ2n) is 3.45. The summed E-state index contributed by atoms with van der Waals surface area (Å²) >= 11 is 8.98. The molecule has 0 aliphatic carbocycles. The molecule has 4 heteroatoms. The van der Waals surface area contributed by atoms with Gasteiger partial charge in [-0.2, -0.15) is 0 Å². The van der Waals surface area contributed by atoms with E-state index in [4.69, 9.17) is 11.6 Å². The highest BCUT2D eigenvalue weighted by atomic mass is 79.9. The molecule has 0 heterocycles. The molecule has 1 atom stereocenters. The van der Waals surface area contributed by atoms with Gasteiger partial charge >= 0.3 is 0 Å². The van der Waals surface area contributed by atoms with Crippen molar-refractivity contribution in [2.75, 3.05) is 0 Å². The number of aliphatic hydroxyl groups is 1.